The number of carbonyl (C=O) groups excluding carboxylic acids is 1. The van der Waals surface area contributed by atoms with Gasteiger partial charge in [0.25, 0.3) is 0 Å². The van der Waals surface area contributed by atoms with Crippen LogP contribution in [0, 0.1) is 23.3 Å². The normalized spacial score (nSPS) is 10.7. The van der Waals surface area contributed by atoms with E-state index in [9.17, 15) is 22.4 Å². The summed E-state index contributed by atoms with van der Waals surface area (Å²) < 4.78 is 54.0. The lowest BCUT2D eigenvalue weighted by atomic mass is 10.1. The third kappa shape index (κ3) is 3.31. The maximum absolute atomic E-state index is 13.7. The zero-order chi connectivity index (χ0) is 18.1. The van der Waals surface area contributed by atoms with Gasteiger partial charge in [-0.25, -0.2) is 22.5 Å². The molecule has 0 radical (unpaired) electrons. The van der Waals surface area contributed by atoms with Gasteiger partial charge in [0.2, 0.25) is 5.78 Å². The minimum absolute atomic E-state index is 0.0168. The zero-order valence-electron chi connectivity index (χ0n) is 12.3. The van der Waals surface area contributed by atoms with E-state index >= 15 is 0 Å². The molecule has 0 atom stereocenters. The number of anilines is 3. The van der Waals surface area contributed by atoms with Crippen LogP contribution in [0.2, 0.25) is 0 Å². The fraction of sp³-hybridized carbons (Fsp3) is 0. The fourth-order valence-corrected chi connectivity index (χ4v) is 2.93. The summed E-state index contributed by atoms with van der Waals surface area (Å²) >= 11 is 0.697. The van der Waals surface area contributed by atoms with Crippen molar-refractivity contribution < 1.29 is 22.4 Å². The molecule has 0 aliphatic rings. The highest BCUT2D eigenvalue weighted by Crippen LogP contribution is 2.31. The Bertz CT molecular complexity index is 954. The Labute approximate surface area is 142 Å². The van der Waals surface area contributed by atoms with Crippen molar-refractivity contribution in [3.05, 3.63) is 70.1 Å². The Hall–Kier alpha value is -2.94. The third-order valence-electron chi connectivity index (χ3n) is 3.22. The van der Waals surface area contributed by atoms with E-state index in [0.717, 1.165) is 30.3 Å². The minimum atomic E-state index is -1.03. The van der Waals surface area contributed by atoms with E-state index in [1.165, 1.54) is 0 Å². The summed E-state index contributed by atoms with van der Waals surface area (Å²) in [7, 11) is 0. The van der Waals surface area contributed by atoms with Crippen molar-refractivity contribution >= 4 is 33.8 Å². The summed E-state index contributed by atoms with van der Waals surface area (Å²) in [5.74, 6) is -4.93. The average molecular weight is 367 g/mol. The second-order valence-electron chi connectivity index (χ2n) is 4.91. The van der Waals surface area contributed by atoms with Crippen LogP contribution in [0.15, 0.2) is 36.4 Å². The monoisotopic (exact) mass is 367 g/mol. The Morgan fingerprint density at radius 1 is 1.04 bits per heavy atom. The number of ketones is 1. The van der Waals surface area contributed by atoms with Crippen LogP contribution in [0.25, 0.3) is 0 Å². The van der Waals surface area contributed by atoms with Crippen LogP contribution < -0.4 is 11.1 Å². The molecule has 0 aliphatic heterocycles. The molecule has 1 aromatic heterocycles. The predicted molar refractivity (Wildman–Crippen MR) is 86.0 cm³/mol. The van der Waals surface area contributed by atoms with Crippen molar-refractivity contribution in [1.29, 1.82) is 0 Å². The molecule has 0 saturated carbocycles. The Kier molecular flexibility index (Phi) is 4.41. The first-order chi connectivity index (χ1) is 11.9. The van der Waals surface area contributed by atoms with E-state index in [1.54, 1.807) is 0 Å². The van der Waals surface area contributed by atoms with Crippen LogP contribution in [-0.4, -0.2) is 10.8 Å². The van der Waals surface area contributed by atoms with E-state index in [2.05, 4.69) is 10.3 Å². The number of benzene rings is 2. The number of aromatic nitrogens is 1. The number of thiazole rings is 1. The minimum Gasteiger partial charge on any atom is -0.382 e. The lowest BCUT2D eigenvalue weighted by Gasteiger charge is -2.03. The fourth-order valence-electron chi connectivity index (χ4n) is 2.08. The van der Waals surface area contributed by atoms with Crippen LogP contribution >= 0.6 is 11.3 Å². The maximum Gasteiger partial charge on any atom is 0.212 e. The van der Waals surface area contributed by atoms with Gasteiger partial charge in [-0.3, -0.25) is 4.79 Å². The second-order valence-corrected chi connectivity index (χ2v) is 5.91. The number of nitrogens with zero attached hydrogens (tertiary/aromatic N) is 1. The van der Waals surface area contributed by atoms with Crippen LogP contribution in [0.1, 0.15) is 15.2 Å². The van der Waals surface area contributed by atoms with E-state index in [1.807, 2.05) is 0 Å². The third-order valence-corrected chi connectivity index (χ3v) is 4.21. The highest BCUT2D eigenvalue weighted by atomic mass is 32.1. The maximum atomic E-state index is 13.7. The number of rotatable bonds is 4. The van der Waals surface area contributed by atoms with Gasteiger partial charge in [0.05, 0.1) is 11.3 Å². The number of hydrogen-bond acceptors (Lipinski definition) is 5. The number of carbonyl (C=O) groups is 1. The molecule has 0 bridgehead atoms. The van der Waals surface area contributed by atoms with Gasteiger partial charge in [-0.1, -0.05) is 17.4 Å². The van der Waals surface area contributed by atoms with E-state index < -0.39 is 34.6 Å². The standard InChI is InChI=1S/C16H9F4N3OS/c17-7-4-5-11(10(20)6-7)22-16-23-15(21)14(25-16)13(24)12-8(18)2-1-3-9(12)19/h1-6H,21H2,(H,22,23). The molecule has 0 saturated heterocycles. The largest absolute Gasteiger partial charge is 0.382 e. The van der Waals surface area contributed by atoms with Crippen LogP contribution in [-0.2, 0) is 0 Å². The molecular formula is C16H9F4N3OS. The summed E-state index contributed by atoms with van der Waals surface area (Å²) in [6.07, 6.45) is 0. The van der Waals surface area contributed by atoms with Gasteiger partial charge >= 0.3 is 0 Å². The summed E-state index contributed by atoms with van der Waals surface area (Å²) in [6, 6.07) is 5.85. The van der Waals surface area contributed by atoms with Crippen molar-refractivity contribution in [3.63, 3.8) is 0 Å². The topological polar surface area (TPSA) is 68.0 Å². The molecule has 3 aromatic rings. The van der Waals surface area contributed by atoms with Crippen LogP contribution in [0.3, 0.4) is 0 Å². The lowest BCUT2D eigenvalue weighted by molar-refractivity contribution is 0.103. The summed E-state index contributed by atoms with van der Waals surface area (Å²) in [5.41, 5.74) is 4.79. The quantitative estimate of drug-likeness (QED) is 0.534. The first-order valence-electron chi connectivity index (χ1n) is 6.84. The molecule has 3 rings (SSSR count). The SMILES string of the molecule is Nc1nc(Nc2ccc(F)cc2F)sc1C(=O)c1c(F)cccc1F. The molecule has 25 heavy (non-hydrogen) atoms. The molecule has 9 heteroatoms. The number of nitrogen functional groups attached to an aromatic ring is 1. The first-order valence-corrected chi connectivity index (χ1v) is 7.65. The van der Waals surface area contributed by atoms with Crippen molar-refractivity contribution in [2.24, 2.45) is 0 Å². The van der Waals surface area contributed by atoms with E-state index in [4.69, 9.17) is 5.73 Å². The molecule has 0 aliphatic carbocycles. The Balaban J connectivity index is 1.94. The van der Waals surface area contributed by atoms with Crippen molar-refractivity contribution in [2.45, 2.75) is 0 Å². The highest BCUT2D eigenvalue weighted by Gasteiger charge is 2.24. The van der Waals surface area contributed by atoms with Gasteiger partial charge < -0.3 is 11.1 Å². The Morgan fingerprint density at radius 2 is 1.72 bits per heavy atom. The summed E-state index contributed by atoms with van der Waals surface area (Å²) in [4.78, 5) is 16.0. The molecule has 128 valence electrons. The highest BCUT2D eigenvalue weighted by molar-refractivity contribution is 7.18. The lowest BCUT2D eigenvalue weighted by Crippen LogP contribution is -2.07. The number of nitrogens with one attached hydrogen (secondary N) is 1. The van der Waals surface area contributed by atoms with Crippen molar-refractivity contribution in [2.75, 3.05) is 11.1 Å². The average Bonchev–Trinajstić information content (AvgIpc) is 2.90. The molecule has 0 fully saturated rings. The molecular weight excluding hydrogens is 358 g/mol. The summed E-state index contributed by atoms with van der Waals surface area (Å²) in [5, 5.41) is 2.56. The smallest absolute Gasteiger partial charge is 0.212 e. The molecule has 2 aromatic carbocycles. The Morgan fingerprint density at radius 3 is 2.36 bits per heavy atom. The molecule has 0 unspecified atom stereocenters. The number of nitrogens with two attached hydrogens (primary N) is 1. The van der Waals surface area contributed by atoms with Gasteiger partial charge in [-0.05, 0) is 24.3 Å². The van der Waals surface area contributed by atoms with Crippen LogP contribution in [0.4, 0.5) is 34.2 Å². The van der Waals surface area contributed by atoms with Gasteiger partial charge in [0.1, 0.15) is 34.0 Å². The van der Waals surface area contributed by atoms with Gasteiger partial charge in [0.15, 0.2) is 5.13 Å². The summed E-state index contributed by atoms with van der Waals surface area (Å²) in [6.45, 7) is 0. The predicted octanol–water partition coefficient (Wildman–Crippen LogP) is 4.26. The molecule has 0 spiro atoms. The van der Waals surface area contributed by atoms with Crippen LogP contribution in [0.5, 0.6) is 0 Å². The van der Waals surface area contributed by atoms with Gasteiger partial charge in [0, 0.05) is 6.07 Å². The second kappa shape index (κ2) is 6.52. The molecule has 4 nitrogen and oxygen atoms in total. The van der Waals surface area contributed by atoms with Gasteiger partial charge in [-0.15, -0.1) is 0 Å². The van der Waals surface area contributed by atoms with E-state index in [0.29, 0.717) is 17.4 Å². The molecule has 3 N–H and O–H groups in total. The van der Waals surface area contributed by atoms with Gasteiger partial charge in [-0.2, -0.15) is 0 Å². The van der Waals surface area contributed by atoms with E-state index in [-0.39, 0.29) is 21.5 Å². The molecule has 1 heterocycles. The number of halogens is 4. The molecule has 0 amide bonds. The first kappa shape index (κ1) is 16.9. The number of hydrogen-bond donors (Lipinski definition) is 2. The zero-order valence-corrected chi connectivity index (χ0v) is 13.1. The van der Waals surface area contributed by atoms with Crippen molar-refractivity contribution in [3.8, 4) is 0 Å². The van der Waals surface area contributed by atoms with Crippen molar-refractivity contribution in [1.82, 2.24) is 4.98 Å².